The predicted molar refractivity (Wildman–Crippen MR) is 108 cm³/mol. The van der Waals surface area contributed by atoms with Gasteiger partial charge in [-0.05, 0) is 18.6 Å². The molecule has 5 rings (SSSR count). The highest BCUT2D eigenvalue weighted by Crippen LogP contribution is 2.37. The van der Waals surface area contributed by atoms with E-state index in [-0.39, 0.29) is 48.5 Å². The molecule has 0 aliphatic carbocycles. The van der Waals surface area contributed by atoms with Gasteiger partial charge in [-0.25, -0.2) is 8.42 Å². The molecular weight excluding hydrogens is 410 g/mol. The maximum absolute atomic E-state index is 13.0. The number of carbonyl (C=O) groups is 2. The molecule has 0 spiro atoms. The normalized spacial score (nSPS) is 28.3. The number of ether oxygens (including phenoxy) is 2. The van der Waals surface area contributed by atoms with Gasteiger partial charge >= 0.3 is 0 Å². The summed E-state index contributed by atoms with van der Waals surface area (Å²) in [6.07, 6.45) is 0.881. The van der Waals surface area contributed by atoms with E-state index in [4.69, 9.17) is 9.47 Å². The lowest BCUT2D eigenvalue weighted by molar-refractivity contribution is -0.137. The lowest BCUT2D eigenvalue weighted by atomic mass is 10.1. The Hall–Kier alpha value is -2.33. The van der Waals surface area contributed by atoms with E-state index in [0.29, 0.717) is 56.3 Å². The molecule has 1 aromatic carbocycles. The Morgan fingerprint density at radius 3 is 2.57 bits per heavy atom. The van der Waals surface area contributed by atoms with Gasteiger partial charge in [-0.15, -0.1) is 0 Å². The van der Waals surface area contributed by atoms with Crippen LogP contribution in [0.3, 0.4) is 0 Å². The fourth-order valence-electron chi connectivity index (χ4n) is 4.80. The van der Waals surface area contributed by atoms with Gasteiger partial charge in [0.1, 0.15) is 0 Å². The summed E-state index contributed by atoms with van der Waals surface area (Å²) < 4.78 is 34.2. The Kier molecular flexibility index (Phi) is 4.85. The van der Waals surface area contributed by atoms with Crippen molar-refractivity contribution < 1.29 is 27.5 Å². The summed E-state index contributed by atoms with van der Waals surface area (Å²) >= 11 is 0. The van der Waals surface area contributed by atoms with Crippen molar-refractivity contribution in [2.75, 3.05) is 55.9 Å². The Balaban J connectivity index is 1.19. The van der Waals surface area contributed by atoms with Gasteiger partial charge in [-0.3, -0.25) is 14.5 Å². The van der Waals surface area contributed by atoms with E-state index in [1.165, 1.54) is 0 Å². The predicted octanol–water partition coefficient (Wildman–Crippen LogP) is 0.0995. The summed E-state index contributed by atoms with van der Waals surface area (Å²) in [6.45, 7) is 3.04. The van der Waals surface area contributed by atoms with Gasteiger partial charge in [-0.1, -0.05) is 0 Å². The average molecular weight is 436 g/mol. The minimum Gasteiger partial charge on any atom is -0.454 e. The molecule has 0 saturated carbocycles. The molecule has 4 heterocycles. The van der Waals surface area contributed by atoms with Crippen LogP contribution in [0.15, 0.2) is 18.2 Å². The molecule has 2 unspecified atom stereocenters. The van der Waals surface area contributed by atoms with Crippen LogP contribution in [0.5, 0.6) is 11.5 Å². The van der Waals surface area contributed by atoms with E-state index in [1.54, 1.807) is 17.0 Å². The largest absolute Gasteiger partial charge is 0.454 e. The van der Waals surface area contributed by atoms with Crippen molar-refractivity contribution >= 4 is 27.3 Å². The maximum atomic E-state index is 13.0. The minimum absolute atomic E-state index is 0.00490. The second-order valence-corrected chi connectivity index (χ2v) is 10.6. The number of nitrogens with zero attached hydrogens (tertiary/aromatic N) is 3. The van der Waals surface area contributed by atoms with Crippen molar-refractivity contribution in [3.05, 3.63) is 18.2 Å². The zero-order chi connectivity index (χ0) is 20.9. The third kappa shape index (κ3) is 3.62. The molecule has 4 aliphatic rings. The van der Waals surface area contributed by atoms with Crippen LogP contribution in [0, 0.1) is 5.92 Å². The number of piperazine rings is 1. The number of anilines is 1. The molecule has 0 bridgehead atoms. The quantitative estimate of drug-likeness (QED) is 0.664. The van der Waals surface area contributed by atoms with Crippen molar-refractivity contribution in [3.8, 4) is 11.5 Å². The second kappa shape index (κ2) is 7.42. The van der Waals surface area contributed by atoms with Crippen molar-refractivity contribution in [1.29, 1.82) is 0 Å². The molecule has 30 heavy (non-hydrogen) atoms. The Morgan fingerprint density at radius 1 is 1.07 bits per heavy atom. The summed E-state index contributed by atoms with van der Waals surface area (Å²) in [4.78, 5) is 31.3. The lowest BCUT2D eigenvalue weighted by Gasteiger charge is -2.38. The average Bonchev–Trinajstić information content (AvgIpc) is 3.45. The molecule has 3 saturated heterocycles. The summed E-state index contributed by atoms with van der Waals surface area (Å²) in [5.41, 5.74) is 0.715. The topological polar surface area (TPSA) is 96.5 Å². The van der Waals surface area contributed by atoms with Crippen molar-refractivity contribution in [3.63, 3.8) is 0 Å². The summed E-state index contributed by atoms with van der Waals surface area (Å²) in [5.74, 6) is 1.33. The zero-order valence-corrected chi connectivity index (χ0v) is 17.5. The summed E-state index contributed by atoms with van der Waals surface area (Å²) in [5, 5.41) is 0. The first-order valence-electron chi connectivity index (χ1n) is 10.3. The van der Waals surface area contributed by atoms with Gasteiger partial charge in [0.15, 0.2) is 21.3 Å². The zero-order valence-electron chi connectivity index (χ0n) is 16.7. The van der Waals surface area contributed by atoms with Gasteiger partial charge in [0.2, 0.25) is 18.6 Å². The number of rotatable bonds is 3. The first-order chi connectivity index (χ1) is 14.4. The summed E-state index contributed by atoms with van der Waals surface area (Å²) in [6, 6.07) is 5.44. The molecule has 0 N–H and O–H groups in total. The molecule has 3 fully saturated rings. The first-order valence-corrected chi connectivity index (χ1v) is 12.1. The SMILES string of the molecule is O=C(C1CC(=O)N(c2ccc3c(c2)OCO3)C1)N1CCN(C2CCS(=O)(=O)C2)CC1. The smallest absolute Gasteiger partial charge is 0.231 e. The van der Waals surface area contributed by atoms with Crippen LogP contribution in [0.1, 0.15) is 12.8 Å². The monoisotopic (exact) mass is 435 g/mol. The Labute approximate surface area is 175 Å². The fraction of sp³-hybridized carbons (Fsp3) is 0.600. The van der Waals surface area contributed by atoms with E-state index < -0.39 is 9.84 Å². The maximum Gasteiger partial charge on any atom is 0.231 e. The van der Waals surface area contributed by atoms with Crippen LogP contribution in [-0.4, -0.2) is 87.1 Å². The first kappa shape index (κ1) is 19.6. The van der Waals surface area contributed by atoms with Gasteiger partial charge < -0.3 is 19.3 Å². The minimum atomic E-state index is -2.91. The molecule has 2 amide bonds. The van der Waals surface area contributed by atoms with Gasteiger partial charge in [0.25, 0.3) is 0 Å². The number of hydrogen-bond acceptors (Lipinski definition) is 7. The Morgan fingerprint density at radius 2 is 1.83 bits per heavy atom. The van der Waals surface area contributed by atoms with E-state index in [9.17, 15) is 18.0 Å². The van der Waals surface area contributed by atoms with Gasteiger partial charge in [0.05, 0.1) is 17.4 Å². The fourth-order valence-corrected chi connectivity index (χ4v) is 6.57. The molecule has 9 nitrogen and oxygen atoms in total. The molecule has 4 aliphatic heterocycles. The number of carbonyl (C=O) groups excluding carboxylic acids is 2. The van der Waals surface area contributed by atoms with Crippen LogP contribution in [0.2, 0.25) is 0 Å². The molecule has 162 valence electrons. The second-order valence-electron chi connectivity index (χ2n) is 8.36. The van der Waals surface area contributed by atoms with E-state index in [2.05, 4.69) is 4.90 Å². The van der Waals surface area contributed by atoms with E-state index in [0.717, 1.165) is 0 Å². The number of amides is 2. The highest BCUT2D eigenvalue weighted by Gasteiger charge is 2.39. The van der Waals surface area contributed by atoms with Crippen LogP contribution < -0.4 is 14.4 Å². The van der Waals surface area contributed by atoms with Gasteiger partial charge in [0, 0.05) is 56.9 Å². The molecule has 0 aromatic heterocycles. The molecule has 2 atom stereocenters. The van der Waals surface area contributed by atoms with Crippen LogP contribution >= 0.6 is 0 Å². The van der Waals surface area contributed by atoms with Crippen LogP contribution in [-0.2, 0) is 19.4 Å². The van der Waals surface area contributed by atoms with E-state index in [1.807, 2.05) is 11.0 Å². The third-order valence-electron chi connectivity index (χ3n) is 6.49. The van der Waals surface area contributed by atoms with Crippen molar-refractivity contribution in [2.24, 2.45) is 5.92 Å². The highest BCUT2D eigenvalue weighted by atomic mass is 32.2. The standard InChI is InChI=1S/C20H25N3O6S/c24-19-9-14(11-23(19)15-1-2-17-18(10-15)29-13-28-17)20(25)22-6-4-21(5-7-22)16-3-8-30(26,27)12-16/h1-2,10,14,16H,3-9,11-13H2. The van der Waals surface area contributed by atoms with Crippen LogP contribution in [0.4, 0.5) is 5.69 Å². The van der Waals surface area contributed by atoms with Crippen LogP contribution in [0.25, 0.3) is 0 Å². The van der Waals surface area contributed by atoms with E-state index >= 15 is 0 Å². The van der Waals surface area contributed by atoms with Crippen molar-refractivity contribution in [2.45, 2.75) is 18.9 Å². The molecular formula is C20H25N3O6S. The van der Waals surface area contributed by atoms with Gasteiger partial charge in [-0.2, -0.15) is 0 Å². The summed E-state index contributed by atoms with van der Waals surface area (Å²) in [7, 11) is -2.91. The van der Waals surface area contributed by atoms with Crippen molar-refractivity contribution in [1.82, 2.24) is 9.80 Å². The lowest BCUT2D eigenvalue weighted by Crippen LogP contribution is -2.53. The number of sulfone groups is 1. The molecule has 10 heteroatoms. The molecule has 0 radical (unpaired) electrons. The highest BCUT2D eigenvalue weighted by molar-refractivity contribution is 7.91. The molecule has 1 aromatic rings. The Bertz CT molecular complexity index is 973. The number of benzene rings is 1. The number of hydrogen-bond donors (Lipinski definition) is 0. The third-order valence-corrected chi connectivity index (χ3v) is 8.24. The number of fused-ring (bicyclic) bond motifs is 1.